The van der Waals surface area contributed by atoms with E-state index in [-0.39, 0.29) is 5.91 Å². The first-order chi connectivity index (χ1) is 8.56. The molecule has 0 aliphatic rings. The van der Waals surface area contributed by atoms with E-state index in [0.29, 0.717) is 17.1 Å². The first kappa shape index (κ1) is 13.4. The van der Waals surface area contributed by atoms with Crippen molar-refractivity contribution in [1.29, 1.82) is 0 Å². The average Bonchev–Trinajstić information content (AvgIpc) is 2.75. The van der Waals surface area contributed by atoms with E-state index in [0.717, 1.165) is 9.26 Å². The van der Waals surface area contributed by atoms with E-state index in [9.17, 15) is 4.79 Å². The fourth-order valence-electron chi connectivity index (χ4n) is 1.50. The Balaban J connectivity index is 2.05. The highest BCUT2D eigenvalue weighted by molar-refractivity contribution is 14.1. The number of aryl methyl sites for hydroxylation is 1. The molecule has 0 unspecified atom stereocenters. The van der Waals surface area contributed by atoms with Gasteiger partial charge < -0.3 is 5.32 Å². The maximum atomic E-state index is 12.0. The molecule has 0 atom stereocenters. The number of hydrogen-bond acceptors (Lipinski definition) is 2. The standard InChI is InChI=1S/C12H11ClIN3O/c1-17-5-4-9(16-17)7-15-12(18)10-6-8(13)2-3-11(10)14/h2-6H,7H2,1H3,(H,15,18). The summed E-state index contributed by atoms with van der Waals surface area (Å²) < 4.78 is 2.57. The summed E-state index contributed by atoms with van der Waals surface area (Å²) in [7, 11) is 1.84. The molecule has 4 nitrogen and oxygen atoms in total. The lowest BCUT2D eigenvalue weighted by molar-refractivity contribution is 0.0949. The van der Waals surface area contributed by atoms with Gasteiger partial charge in [-0.25, -0.2) is 0 Å². The third-order valence-electron chi connectivity index (χ3n) is 2.37. The minimum Gasteiger partial charge on any atom is -0.346 e. The highest BCUT2D eigenvalue weighted by Crippen LogP contribution is 2.17. The normalized spacial score (nSPS) is 10.4. The highest BCUT2D eigenvalue weighted by Gasteiger charge is 2.10. The SMILES string of the molecule is Cn1ccc(CNC(=O)c2cc(Cl)ccc2I)n1. The van der Waals surface area contributed by atoms with Crippen LogP contribution in [0, 0.1) is 3.57 Å². The molecule has 0 spiro atoms. The number of hydrogen-bond donors (Lipinski definition) is 1. The van der Waals surface area contributed by atoms with Crippen LogP contribution in [0.1, 0.15) is 16.1 Å². The molecular formula is C12H11ClIN3O. The van der Waals surface area contributed by atoms with E-state index >= 15 is 0 Å². The Bertz CT molecular complexity index is 582. The van der Waals surface area contributed by atoms with Crippen LogP contribution in [0.4, 0.5) is 0 Å². The zero-order valence-corrected chi connectivity index (χ0v) is 12.6. The predicted molar refractivity (Wildman–Crippen MR) is 78.5 cm³/mol. The van der Waals surface area contributed by atoms with Gasteiger partial charge in [0.05, 0.1) is 17.8 Å². The molecule has 0 aliphatic heterocycles. The molecule has 94 valence electrons. The Kier molecular flexibility index (Phi) is 4.23. The molecule has 1 amide bonds. The second-order valence-electron chi connectivity index (χ2n) is 3.79. The van der Waals surface area contributed by atoms with Gasteiger partial charge >= 0.3 is 0 Å². The van der Waals surface area contributed by atoms with Crippen LogP contribution in [0.3, 0.4) is 0 Å². The maximum Gasteiger partial charge on any atom is 0.252 e. The van der Waals surface area contributed by atoms with Crippen molar-refractivity contribution in [1.82, 2.24) is 15.1 Å². The van der Waals surface area contributed by atoms with E-state index < -0.39 is 0 Å². The van der Waals surface area contributed by atoms with Crippen LogP contribution in [0.25, 0.3) is 0 Å². The van der Waals surface area contributed by atoms with E-state index in [1.807, 2.05) is 25.4 Å². The van der Waals surface area contributed by atoms with Gasteiger partial charge in [0.2, 0.25) is 0 Å². The molecule has 0 aliphatic carbocycles. The number of aromatic nitrogens is 2. The summed E-state index contributed by atoms with van der Waals surface area (Å²) in [5.74, 6) is -0.146. The lowest BCUT2D eigenvalue weighted by atomic mass is 10.2. The lowest BCUT2D eigenvalue weighted by Gasteiger charge is -2.06. The van der Waals surface area contributed by atoms with Crippen LogP contribution < -0.4 is 5.32 Å². The van der Waals surface area contributed by atoms with Crippen LogP contribution in [-0.4, -0.2) is 15.7 Å². The van der Waals surface area contributed by atoms with Crippen molar-refractivity contribution in [2.45, 2.75) is 6.54 Å². The molecule has 6 heteroatoms. The van der Waals surface area contributed by atoms with E-state index in [1.165, 1.54) is 0 Å². The Morgan fingerprint density at radius 2 is 2.28 bits per heavy atom. The van der Waals surface area contributed by atoms with Gasteiger partial charge in [0, 0.05) is 21.8 Å². The summed E-state index contributed by atoms with van der Waals surface area (Å²) in [6.45, 7) is 0.405. The number of halogens is 2. The summed E-state index contributed by atoms with van der Waals surface area (Å²) in [5, 5.41) is 7.56. The number of nitrogens with one attached hydrogen (secondary N) is 1. The number of nitrogens with zero attached hydrogens (tertiary/aromatic N) is 2. The topological polar surface area (TPSA) is 46.9 Å². The summed E-state index contributed by atoms with van der Waals surface area (Å²) in [4.78, 5) is 12.0. The van der Waals surface area contributed by atoms with Crippen molar-refractivity contribution < 1.29 is 4.79 Å². The second kappa shape index (κ2) is 5.71. The molecule has 1 aromatic heterocycles. The lowest BCUT2D eigenvalue weighted by Crippen LogP contribution is -2.24. The molecule has 2 rings (SSSR count). The number of carbonyl (C=O) groups excluding carboxylic acids is 1. The van der Waals surface area contributed by atoms with E-state index in [1.54, 1.807) is 16.8 Å². The van der Waals surface area contributed by atoms with E-state index in [4.69, 9.17) is 11.6 Å². The molecule has 0 fully saturated rings. The Labute approximate surface area is 123 Å². The monoisotopic (exact) mass is 375 g/mol. The maximum absolute atomic E-state index is 12.0. The van der Waals surface area contributed by atoms with Gasteiger partial charge in [-0.2, -0.15) is 5.10 Å². The molecule has 0 radical (unpaired) electrons. The van der Waals surface area contributed by atoms with Gasteiger partial charge in [0.25, 0.3) is 5.91 Å². The smallest absolute Gasteiger partial charge is 0.252 e. The Morgan fingerprint density at radius 1 is 1.50 bits per heavy atom. The van der Waals surface area contributed by atoms with Gasteiger partial charge in [-0.15, -0.1) is 0 Å². The molecule has 0 bridgehead atoms. The van der Waals surface area contributed by atoms with Crippen LogP contribution >= 0.6 is 34.2 Å². The minimum absolute atomic E-state index is 0.146. The molecule has 1 aromatic carbocycles. The second-order valence-corrected chi connectivity index (χ2v) is 5.39. The van der Waals surface area contributed by atoms with Crippen molar-refractivity contribution in [3.8, 4) is 0 Å². The third kappa shape index (κ3) is 3.23. The highest BCUT2D eigenvalue weighted by atomic mass is 127. The van der Waals surface area contributed by atoms with Crippen molar-refractivity contribution in [2.75, 3.05) is 0 Å². The first-order valence-electron chi connectivity index (χ1n) is 5.28. The number of benzene rings is 1. The largest absolute Gasteiger partial charge is 0.346 e. The summed E-state index contributed by atoms with van der Waals surface area (Å²) in [6.07, 6.45) is 1.84. The summed E-state index contributed by atoms with van der Waals surface area (Å²) >= 11 is 7.99. The Morgan fingerprint density at radius 3 is 2.94 bits per heavy atom. The molecule has 18 heavy (non-hydrogen) atoms. The van der Waals surface area contributed by atoms with Crippen molar-refractivity contribution in [3.05, 3.63) is 50.3 Å². The molecule has 0 saturated heterocycles. The fourth-order valence-corrected chi connectivity index (χ4v) is 2.25. The van der Waals surface area contributed by atoms with Crippen LogP contribution in [0.5, 0.6) is 0 Å². The average molecular weight is 376 g/mol. The Hall–Kier alpha value is -1.08. The van der Waals surface area contributed by atoms with Gasteiger partial charge in [-0.1, -0.05) is 11.6 Å². The van der Waals surface area contributed by atoms with Crippen molar-refractivity contribution in [3.63, 3.8) is 0 Å². The number of amides is 1. The summed E-state index contributed by atoms with van der Waals surface area (Å²) in [6, 6.07) is 7.11. The molecule has 0 saturated carbocycles. The van der Waals surface area contributed by atoms with Gasteiger partial charge in [0.1, 0.15) is 0 Å². The van der Waals surface area contributed by atoms with Gasteiger partial charge in [-0.05, 0) is 46.9 Å². The minimum atomic E-state index is -0.146. The van der Waals surface area contributed by atoms with Crippen LogP contribution in [0.2, 0.25) is 5.02 Å². The third-order valence-corrected chi connectivity index (χ3v) is 3.55. The zero-order valence-electron chi connectivity index (χ0n) is 9.65. The first-order valence-corrected chi connectivity index (χ1v) is 6.73. The van der Waals surface area contributed by atoms with Gasteiger partial charge in [0.15, 0.2) is 0 Å². The number of carbonyl (C=O) groups is 1. The van der Waals surface area contributed by atoms with Crippen molar-refractivity contribution in [2.24, 2.45) is 7.05 Å². The van der Waals surface area contributed by atoms with E-state index in [2.05, 4.69) is 33.0 Å². The summed E-state index contributed by atoms with van der Waals surface area (Å²) in [5.41, 5.74) is 1.40. The number of rotatable bonds is 3. The molecule has 1 N–H and O–H groups in total. The van der Waals surface area contributed by atoms with Crippen LogP contribution in [-0.2, 0) is 13.6 Å². The van der Waals surface area contributed by atoms with Crippen LogP contribution in [0.15, 0.2) is 30.5 Å². The molecule has 2 aromatic rings. The van der Waals surface area contributed by atoms with Crippen molar-refractivity contribution >= 4 is 40.1 Å². The fraction of sp³-hybridized carbons (Fsp3) is 0.167. The molecule has 1 heterocycles. The van der Waals surface area contributed by atoms with Gasteiger partial charge in [-0.3, -0.25) is 9.48 Å². The quantitative estimate of drug-likeness (QED) is 0.838. The molecular weight excluding hydrogens is 365 g/mol. The predicted octanol–water partition coefficient (Wildman–Crippen LogP) is 2.61. The zero-order chi connectivity index (χ0) is 13.1.